The molecule has 1 saturated heterocycles. The average Bonchev–Trinajstić information content (AvgIpc) is 3.20. The predicted molar refractivity (Wildman–Crippen MR) is 137 cm³/mol. The first-order valence-corrected chi connectivity index (χ1v) is 11.8. The number of phenols is 1. The maximum atomic E-state index is 14.8. The van der Waals surface area contributed by atoms with E-state index in [1.807, 2.05) is 4.90 Å². The lowest BCUT2D eigenvalue weighted by Gasteiger charge is -2.35. The normalized spacial score (nSPS) is 18.0. The Labute approximate surface area is 211 Å². The summed E-state index contributed by atoms with van der Waals surface area (Å²) in [7, 11) is 1.64. The van der Waals surface area contributed by atoms with E-state index in [9.17, 15) is 19.4 Å². The lowest BCUT2D eigenvalue weighted by atomic mass is 9.97. The van der Waals surface area contributed by atoms with E-state index in [0.717, 1.165) is 0 Å². The minimum Gasteiger partial charge on any atom is -0.507 e. The summed E-state index contributed by atoms with van der Waals surface area (Å²) in [5, 5.41) is 21.4. The van der Waals surface area contributed by atoms with Crippen molar-refractivity contribution < 1.29 is 14.6 Å². The van der Waals surface area contributed by atoms with E-state index in [1.54, 1.807) is 56.0 Å². The number of aliphatic hydroxyl groups is 1. The molecule has 2 aromatic heterocycles. The molecular weight excluding hydrogens is 485 g/mol. The summed E-state index contributed by atoms with van der Waals surface area (Å²) < 4.78 is 17.6. The molecule has 8 nitrogen and oxygen atoms in total. The summed E-state index contributed by atoms with van der Waals surface area (Å²) in [6.07, 6.45) is 4.79. The van der Waals surface area contributed by atoms with E-state index in [4.69, 9.17) is 17.3 Å². The molecule has 0 aliphatic carbocycles. The van der Waals surface area contributed by atoms with Gasteiger partial charge < -0.3 is 25.4 Å². The van der Waals surface area contributed by atoms with Crippen molar-refractivity contribution in [3.05, 3.63) is 82.4 Å². The second-order valence-corrected chi connectivity index (χ2v) is 9.35. The van der Waals surface area contributed by atoms with Gasteiger partial charge in [0.15, 0.2) is 0 Å². The van der Waals surface area contributed by atoms with Crippen LogP contribution in [0.4, 0.5) is 10.2 Å². The molecule has 0 saturated carbocycles. The second-order valence-electron chi connectivity index (χ2n) is 8.95. The second kappa shape index (κ2) is 9.42. The van der Waals surface area contributed by atoms with Crippen LogP contribution in [0.15, 0.2) is 65.8 Å². The number of imidazole rings is 1. The fourth-order valence-electron chi connectivity index (χ4n) is 4.49. The molecule has 2 aromatic carbocycles. The number of aliphatic hydroxyl groups excluding tert-OH is 1. The molecule has 1 aliphatic rings. The van der Waals surface area contributed by atoms with Crippen LogP contribution >= 0.6 is 11.6 Å². The Kier molecular flexibility index (Phi) is 6.29. The molecule has 186 valence electrons. The van der Waals surface area contributed by atoms with Gasteiger partial charge in [0, 0.05) is 55.9 Å². The lowest BCUT2D eigenvalue weighted by molar-refractivity contribution is 0.124. The summed E-state index contributed by atoms with van der Waals surface area (Å²) in [4.78, 5) is 18.7. The number of nitrogens with zero attached hydrogens (tertiary/aromatic N) is 4. The average molecular weight is 510 g/mol. The number of aromatic hydroxyl groups is 1. The van der Waals surface area contributed by atoms with Crippen molar-refractivity contribution in [3.8, 4) is 33.7 Å². The number of hydrogen-bond acceptors (Lipinski definition) is 6. The monoisotopic (exact) mass is 509 g/mol. The van der Waals surface area contributed by atoms with Crippen LogP contribution in [0.5, 0.6) is 5.75 Å². The van der Waals surface area contributed by atoms with Crippen molar-refractivity contribution in [1.29, 1.82) is 0 Å². The molecule has 5 rings (SSSR count). The molecule has 2 atom stereocenters. The van der Waals surface area contributed by atoms with Crippen molar-refractivity contribution in [3.63, 3.8) is 0 Å². The number of phenolic OH excluding ortho intramolecular Hbond substituents is 1. The quantitative estimate of drug-likeness (QED) is 0.389. The molecule has 0 radical (unpaired) electrons. The van der Waals surface area contributed by atoms with Gasteiger partial charge in [-0.05, 0) is 53.9 Å². The zero-order valence-corrected chi connectivity index (χ0v) is 20.2. The van der Waals surface area contributed by atoms with E-state index >= 15 is 0 Å². The van der Waals surface area contributed by atoms with Gasteiger partial charge in [-0.2, -0.15) is 0 Å². The Morgan fingerprint density at radius 1 is 1.11 bits per heavy atom. The van der Waals surface area contributed by atoms with Crippen molar-refractivity contribution in [2.24, 2.45) is 12.8 Å². The number of anilines is 1. The number of aromatic nitrogens is 3. The molecule has 0 spiro atoms. The molecule has 4 aromatic rings. The van der Waals surface area contributed by atoms with Crippen molar-refractivity contribution in [2.45, 2.75) is 18.6 Å². The van der Waals surface area contributed by atoms with Gasteiger partial charge in [0.2, 0.25) is 0 Å². The first kappa shape index (κ1) is 24.1. The van der Waals surface area contributed by atoms with Crippen LogP contribution in [0, 0.1) is 5.82 Å². The van der Waals surface area contributed by atoms with Crippen LogP contribution in [0.2, 0.25) is 5.02 Å². The molecule has 10 heteroatoms. The molecule has 1 fully saturated rings. The van der Waals surface area contributed by atoms with E-state index in [0.29, 0.717) is 47.7 Å². The van der Waals surface area contributed by atoms with Gasteiger partial charge >= 0.3 is 5.69 Å². The number of piperidine rings is 1. The van der Waals surface area contributed by atoms with Gasteiger partial charge in [-0.25, -0.2) is 14.2 Å². The first-order chi connectivity index (χ1) is 17.2. The van der Waals surface area contributed by atoms with Crippen LogP contribution in [-0.2, 0) is 7.05 Å². The van der Waals surface area contributed by atoms with Gasteiger partial charge in [0.25, 0.3) is 0 Å². The minimum atomic E-state index is -0.557. The lowest BCUT2D eigenvalue weighted by Crippen LogP contribution is -2.51. The number of nitrogens with two attached hydrogens (primary N) is 1. The molecule has 36 heavy (non-hydrogen) atoms. The number of benzene rings is 2. The molecule has 1 aliphatic heterocycles. The molecule has 0 bridgehead atoms. The van der Waals surface area contributed by atoms with Gasteiger partial charge in [-0.1, -0.05) is 17.7 Å². The van der Waals surface area contributed by atoms with Crippen LogP contribution < -0.4 is 16.3 Å². The van der Waals surface area contributed by atoms with E-state index in [1.165, 1.54) is 21.3 Å². The van der Waals surface area contributed by atoms with Gasteiger partial charge in [0.05, 0.1) is 16.8 Å². The largest absolute Gasteiger partial charge is 0.507 e. The molecule has 0 unspecified atom stereocenters. The highest BCUT2D eigenvalue weighted by atomic mass is 35.5. The minimum absolute atomic E-state index is 0.111. The zero-order chi connectivity index (χ0) is 25.6. The highest BCUT2D eigenvalue weighted by molar-refractivity contribution is 6.32. The van der Waals surface area contributed by atoms with Gasteiger partial charge in [-0.3, -0.25) is 4.57 Å². The highest BCUT2D eigenvalue weighted by Gasteiger charge is 2.26. The zero-order valence-electron chi connectivity index (χ0n) is 19.5. The summed E-state index contributed by atoms with van der Waals surface area (Å²) in [6.45, 7) is 1.02. The van der Waals surface area contributed by atoms with Crippen molar-refractivity contribution in [1.82, 2.24) is 14.1 Å². The SMILES string of the molecule is Cn1ccn(-c2ccc(-c3cc(F)cc(-c4ccnc(N5CC[C@@H](O)[C@H](N)C5)c4)c3O)cc2Cl)c1=O. The number of rotatable bonds is 4. The Morgan fingerprint density at radius 3 is 2.47 bits per heavy atom. The fraction of sp³-hybridized carbons (Fsp3) is 0.231. The summed E-state index contributed by atoms with van der Waals surface area (Å²) in [6, 6.07) is 10.5. The van der Waals surface area contributed by atoms with Gasteiger partial charge in [-0.15, -0.1) is 0 Å². The number of pyridine rings is 1. The van der Waals surface area contributed by atoms with Crippen molar-refractivity contribution >= 4 is 17.4 Å². The predicted octanol–water partition coefficient (Wildman–Crippen LogP) is 3.30. The summed E-state index contributed by atoms with van der Waals surface area (Å²) in [5.74, 6) is -0.0143. The molecule has 4 N–H and O–H groups in total. The van der Waals surface area contributed by atoms with E-state index in [2.05, 4.69) is 4.98 Å². The Bertz CT molecular complexity index is 1500. The van der Waals surface area contributed by atoms with Crippen LogP contribution in [0.1, 0.15) is 6.42 Å². The molecular formula is C26H25ClFN5O3. The maximum absolute atomic E-state index is 14.8. The standard InChI is InChI=1S/C26H25ClFN5O3/c1-31-8-9-33(26(31)36)22-3-2-15(10-20(22)27)18-12-17(28)13-19(25(18)35)16-4-6-30-24(11-16)32-7-5-23(34)21(29)14-32/h2-4,6,8-13,21,23,34-35H,5,7,14,29H2,1H3/t21-,23-/m1/s1. The van der Waals surface area contributed by atoms with Crippen molar-refractivity contribution in [2.75, 3.05) is 18.0 Å². The molecule has 3 heterocycles. The van der Waals surface area contributed by atoms with Crippen LogP contribution in [0.3, 0.4) is 0 Å². The maximum Gasteiger partial charge on any atom is 0.332 e. The fourth-order valence-corrected chi connectivity index (χ4v) is 4.76. The number of aryl methyl sites for hydroxylation is 1. The topological polar surface area (TPSA) is 110 Å². The highest BCUT2D eigenvalue weighted by Crippen LogP contribution is 2.41. The Morgan fingerprint density at radius 2 is 1.83 bits per heavy atom. The van der Waals surface area contributed by atoms with Gasteiger partial charge in [0.1, 0.15) is 17.4 Å². The van der Waals surface area contributed by atoms with Crippen LogP contribution in [0.25, 0.3) is 27.9 Å². The third-order valence-electron chi connectivity index (χ3n) is 6.54. The smallest absolute Gasteiger partial charge is 0.332 e. The summed E-state index contributed by atoms with van der Waals surface area (Å²) >= 11 is 6.49. The Hall–Kier alpha value is -3.66. The third-order valence-corrected chi connectivity index (χ3v) is 6.84. The Balaban J connectivity index is 1.52. The van der Waals surface area contributed by atoms with E-state index < -0.39 is 18.0 Å². The molecule has 0 amide bonds. The van der Waals surface area contributed by atoms with Crippen LogP contribution in [-0.4, -0.2) is 49.6 Å². The third kappa shape index (κ3) is 4.37. The number of halogens is 2. The number of hydrogen-bond donors (Lipinski definition) is 3. The first-order valence-electron chi connectivity index (χ1n) is 11.4. The van der Waals surface area contributed by atoms with E-state index in [-0.39, 0.29) is 22.0 Å². The summed E-state index contributed by atoms with van der Waals surface area (Å²) in [5.41, 5.74) is 7.88.